The van der Waals surface area contributed by atoms with Gasteiger partial charge >= 0.3 is 6.61 Å². The van der Waals surface area contributed by atoms with Crippen molar-refractivity contribution in [2.75, 3.05) is 16.3 Å². The van der Waals surface area contributed by atoms with Crippen molar-refractivity contribution in [3.05, 3.63) is 54.1 Å². The molecule has 0 aliphatic heterocycles. The molecule has 9 heteroatoms. The maximum absolute atomic E-state index is 12.3. The summed E-state index contributed by atoms with van der Waals surface area (Å²) in [5, 5.41) is 2.55. The van der Waals surface area contributed by atoms with Gasteiger partial charge in [0, 0.05) is 5.69 Å². The molecular formula is C15H14F2N2O4S. The molecule has 24 heavy (non-hydrogen) atoms. The van der Waals surface area contributed by atoms with Crippen molar-refractivity contribution in [2.24, 2.45) is 0 Å². The van der Waals surface area contributed by atoms with E-state index in [-0.39, 0.29) is 17.0 Å². The van der Waals surface area contributed by atoms with Gasteiger partial charge in [0.05, 0.1) is 17.5 Å². The zero-order valence-corrected chi connectivity index (χ0v) is 13.3. The molecule has 0 radical (unpaired) electrons. The molecule has 0 aliphatic carbocycles. The van der Waals surface area contributed by atoms with Gasteiger partial charge in [-0.05, 0) is 36.4 Å². The molecule has 0 saturated carbocycles. The van der Waals surface area contributed by atoms with E-state index in [0.29, 0.717) is 5.69 Å². The highest BCUT2D eigenvalue weighted by molar-refractivity contribution is 7.92. The van der Waals surface area contributed by atoms with Crippen LogP contribution >= 0.6 is 0 Å². The summed E-state index contributed by atoms with van der Waals surface area (Å²) in [7, 11) is -3.54. The molecule has 0 fully saturated rings. The van der Waals surface area contributed by atoms with Crippen LogP contribution < -0.4 is 14.8 Å². The largest absolute Gasteiger partial charge is 0.435 e. The monoisotopic (exact) mass is 356 g/mol. The average molecular weight is 356 g/mol. The second kappa shape index (κ2) is 7.26. The van der Waals surface area contributed by atoms with Gasteiger partial charge in [-0.2, -0.15) is 8.78 Å². The number of hydrogen-bond donors (Lipinski definition) is 2. The minimum absolute atomic E-state index is 0.0397. The van der Waals surface area contributed by atoms with E-state index in [9.17, 15) is 22.0 Å². The Morgan fingerprint density at radius 3 is 2.29 bits per heavy atom. The van der Waals surface area contributed by atoms with E-state index in [2.05, 4.69) is 14.8 Å². The summed E-state index contributed by atoms with van der Waals surface area (Å²) in [5.74, 6) is -0.591. The third kappa shape index (κ3) is 5.20. The first-order valence-electron chi connectivity index (χ1n) is 6.67. The second-order valence-corrected chi connectivity index (χ2v) is 6.53. The third-order valence-corrected chi connectivity index (χ3v) is 3.40. The summed E-state index contributed by atoms with van der Waals surface area (Å²) in [6.45, 7) is -2.93. The van der Waals surface area contributed by atoms with Gasteiger partial charge in [0.2, 0.25) is 10.0 Å². The highest BCUT2D eigenvalue weighted by atomic mass is 32.2. The maximum atomic E-state index is 12.3. The fourth-order valence-corrected chi connectivity index (χ4v) is 2.47. The Kier molecular flexibility index (Phi) is 5.35. The van der Waals surface area contributed by atoms with Crippen LogP contribution in [0.4, 0.5) is 20.2 Å². The Morgan fingerprint density at radius 1 is 1.08 bits per heavy atom. The third-order valence-electron chi connectivity index (χ3n) is 2.80. The number of carbonyl (C=O) groups is 1. The van der Waals surface area contributed by atoms with Gasteiger partial charge in [-0.25, -0.2) is 8.42 Å². The molecule has 2 rings (SSSR count). The average Bonchev–Trinajstić information content (AvgIpc) is 2.47. The van der Waals surface area contributed by atoms with Crippen LogP contribution in [0.25, 0.3) is 0 Å². The minimum Gasteiger partial charge on any atom is -0.435 e. The Balaban J connectivity index is 2.15. The van der Waals surface area contributed by atoms with E-state index in [1.165, 1.54) is 36.4 Å². The van der Waals surface area contributed by atoms with Crippen molar-refractivity contribution in [3.8, 4) is 5.75 Å². The topological polar surface area (TPSA) is 84.5 Å². The van der Waals surface area contributed by atoms with Gasteiger partial charge in [0.1, 0.15) is 5.75 Å². The number of rotatable bonds is 6. The lowest BCUT2D eigenvalue weighted by atomic mass is 10.1. The van der Waals surface area contributed by atoms with Crippen LogP contribution in [0.15, 0.2) is 48.5 Å². The van der Waals surface area contributed by atoms with Gasteiger partial charge < -0.3 is 10.1 Å². The molecular weight excluding hydrogens is 342 g/mol. The van der Waals surface area contributed by atoms with Crippen LogP contribution in [0.2, 0.25) is 0 Å². The predicted molar refractivity (Wildman–Crippen MR) is 85.9 cm³/mol. The molecule has 2 aromatic carbocycles. The van der Waals surface area contributed by atoms with Crippen molar-refractivity contribution < 1.29 is 26.7 Å². The first-order valence-corrected chi connectivity index (χ1v) is 8.57. The number of anilines is 2. The number of alkyl halides is 2. The molecule has 0 aromatic heterocycles. The van der Waals surface area contributed by atoms with Crippen LogP contribution in [0.5, 0.6) is 5.75 Å². The summed E-state index contributed by atoms with van der Waals surface area (Å²) < 4.78 is 53.3. The van der Waals surface area contributed by atoms with E-state index in [0.717, 1.165) is 6.26 Å². The molecule has 0 heterocycles. The summed E-state index contributed by atoms with van der Waals surface area (Å²) in [4.78, 5) is 12.3. The van der Waals surface area contributed by atoms with Crippen LogP contribution in [0.3, 0.4) is 0 Å². The van der Waals surface area contributed by atoms with E-state index >= 15 is 0 Å². The molecule has 0 unspecified atom stereocenters. The van der Waals surface area contributed by atoms with Crippen molar-refractivity contribution in [2.45, 2.75) is 6.61 Å². The van der Waals surface area contributed by atoms with Crippen molar-refractivity contribution >= 4 is 27.3 Å². The van der Waals surface area contributed by atoms with Crippen LogP contribution in [0.1, 0.15) is 10.4 Å². The SMILES string of the molecule is CS(=O)(=O)Nc1ccccc1C(=O)Nc1ccc(OC(F)F)cc1. The van der Waals surface area contributed by atoms with E-state index in [1.807, 2.05) is 0 Å². The Bertz CT molecular complexity index is 824. The summed E-state index contributed by atoms with van der Waals surface area (Å²) in [5.41, 5.74) is 0.599. The zero-order chi connectivity index (χ0) is 17.7. The zero-order valence-electron chi connectivity index (χ0n) is 12.5. The Hall–Kier alpha value is -2.68. The molecule has 1 amide bonds. The number of ether oxygens (including phenoxy) is 1. The van der Waals surface area contributed by atoms with Crippen LogP contribution in [-0.4, -0.2) is 27.2 Å². The van der Waals surface area contributed by atoms with Gasteiger partial charge in [-0.3, -0.25) is 9.52 Å². The minimum atomic E-state index is -3.54. The van der Waals surface area contributed by atoms with E-state index in [1.54, 1.807) is 12.1 Å². The second-order valence-electron chi connectivity index (χ2n) is 4.78. The number of sulfonamides is 1. The molecule has 6 nitrogen and oxygen atoms in total. The highest BCUT2D eigenvalue weighted by Crippen LogP contribution is 2.21. The van der Waals surface area contributed by atoms with Gasteiger partial charge in [-0.15, -0.1) is 0 Å². The molecule has 0 aliphatic rings. The Morgan fingerprint density at radius 2 is 1.71 bits per heavy atom. The van der Waals surface area contributed by atoms with Crippen LogP contribution in [0, 0.1) is 0 Å². The highest BCUT2D eigenvalue weighted by Gasteiger charge is 2.14. The first-order chi connectivity index (χ1) is 11.2. The normalized spacial score (nSPS) is 11.2. The number of nitrogens with one attached hydrogen (secondary N) is 2. The van der Waals surface area contributed by atoms with Crippen LogP contribution in [-0.2, 0) is 10.0 Å². The molecule has 0 spiro atoms. The van der Waals surface area contributed by atoms with Gasteiger partial charge in [-0.1, -0.05) is 12.1 Å². The fourth-order valence-electron chi connectivity index (χ4n) is 1.89. The molecule has 128 valence electrons. The standard InChI is InChI=1S/C15H14F2N2O4S/c1-24(21,22)19-13-5-3-2-4-12(13)14(20)18-10-6-8-11(9-7-10)23-15(16)17/h2-9,15,19H,1H3,(H,18,20). The molecule has 2 N–H and O–H groups in total. The summed E-state index contributed by atoms with van der Waals surface area (Å²) >= 11 is 0. The van der Waals surface area contributed by atoms with E-state index in [4.69, 9.17) is 0 Å². The lowest BCUT2D eigenvalue weighted by molar-refractivity contribution is -0.0498. The van der Waals surface area contributed by atoms with Gasteiger partial charge in [0.15, 0.2) is 0 Å². The summed E-state index contributed by atoms with van der Waals surface area (Å²) in [6.07, 6.45) is 0.976. The number of amides is 1. The number of carbonyl (C=O) groups excluding carboxylic acids is 1. The van der Waals surface area contributed by atoms with Crippen molar-refractivity contribution in [1.29, 1.82) is 0 Å². The molecule has 2 aromatic rings. The van der Waals surface area contributed by atoms with Crippen molar-refractivity contribution in [1.82, 2.24) is 0 Å². The maximum Gasteiger partial charge on any atom is 0.387 e. The smallest absolute Gasteiger partial charge is 0.387 e. The lowest BCUT2D eigenvalue weighted by Gasteiger charge is -2.11. The number of benzene rings is 2. The lowest BCUT2D eigenvalue weighted by Crippen LogP contribution is -2.17. The molecule has 0 saturated heterocycles. The van der Waals surface area contributed by atoms with Gasteiger partial charge in [0.25, 0.3) is 5.91 Å². The fraction of sp³-hybridized carbons (Fsp3) is 0.133. The first kappa shape index (κ1) is 17.7. The molecule has 0 bridgehead atoms. The van der Waals surface area contributed by atoms with Crippen molar-refractivity contribution in [3.63, 3.8) is 0 Å². The number of para-hydroxylation sites is 1. The molecule has 0 atom stereocenters. The Labute approximate surface area is 137 Å². The predicted octanol–water partition coefficient (Wildman–Crippen LogP) is 2.91. The number of hydrogen-bond acceptors (Lipinski definition) is 4. The van der Waals surface area contributed by atoms with E-state index < -0.39 is 22.5 Å². The summed E-state index contributed by atoms with van der Waals surface area (Å²) in [6, 6.07) is 11.4. The quantitative estimate of drug-likeness (QED) is 0.833. The number of halogens is 2.